The minimum atomic E-state index is -0.898. The van der Waals surface area contributed by atoms with Gasteiger partial charge in [-0.25, -0.2) is 0 Å². The molecule has 0 N–H and O–H groups in total. The summed E-state index contributed by atoms with van der Waals surface area (Å²) < 4.78 is 6.10. The number of rotatable bonds is 1. The highest BCUT2D eigenvalue weighted by Crippen LogP contribution is 2.52. The standard InChI is InChI=1S/C20H19N3O/c1-13-6-8-15(9-7-13)20(5)18(19(2,3)4)16(12-23)17(24-20)14(10-21)11-22/h6-9H,1-5H3. The molecule has 1 aromatic carbocycles. The topological polar surface area (TPSA) is 80.6 Å². The molecule has 0 aliphatic carbocycles. The number of aryl methyl sites for hydroxylation is 1. The third kappa shape index (κ3) is 2.66. The predicted molar refractivity (Wildman–Crippen MR) is 90.0 cm³/mol. The van der Waals surface area contributed by atoms with Crippen LogP contribution in [0, 0.1) is 46.3 Å². The van der Waals surface area contributed by atoms with Crippen LogP contribution in [0.4, 0.5) is 0 Å². The Morgan fingerprint density at radius 3 is 2.00 bits per heavy atom. The first-order valence-electron chi connectivity index (χ1n) is 7.65. The van der Waals surface area contributed by atoms with Crippen molar-refractivity contribution in [1.29, 1.82) is 15.8 Å². The molecule has 1 unspecified atom stereocenters. The van der Waals surface area contributed by atoms with Crippen LogP contribution in [-0.2, 0) is 10.3 Å². The van der Waals surface area contributed by atoms with Crippen LogP contribution in [-0.4, -0.2) is 0 Å². The molecular formula is C20H19N3O. The van der Waals surface area contributed by atoms with E-state index in [0.29, 0.717) is 0 Å². The Balaban J connectivity index is 2.85. The molecular weight excluding hydrogens is 298 g/mol. The van der Waals surface area contributed by atoms with E-state index in [1.165, 1.54) is 0 Å². The van der Waals surface area contributed by atoms with Crippen molar-refractivity contribution in [3.63, 3.8) is 0 Å². The van der Waals surface area contributed by atoms with Crippen LogP contribution in [0.25, 0.3) is 0 Å². The second-order valence-corrected chi connectivity index (χ2v) is 7.04. The lowest BCUT2D eigenvalue weighted by Gasteiger charge is -2.35. The molecule has 24 heavy (non-hydrogen) atoms. The van der Waals surface area contributed by atoms with E-state index in [4.69, 9.17) is 4.74 Å². The maximum Gasteiger partial charge on any atom is 0.172 e. The molecule has 1 aliphatic rings. The smallest absolute Gasteiger partial charge is 0.172 e. The average molecular weight is 317 g/mol. The molecule has 0 radical (unpaired) electrons. The lowest BCUT2D eigenvalue weighted by molar-refractivity contribution is 0.0585. The highest BCUT2D eigenvalue weighted by molar-refractivity contribution is 5.60. The van der Waals surface area contributed by atoms with Crippen LogP contribution < -0.4 is 0 Å². The number of nitrogens with zero attached hydrogens (tertiary/aromatic N) is 3. The third-order valence-electron chi connectivity index (χ3n) is 4.18. The van der Waals surface area contributed by atoms with Crippen LogP contribution in [0.15, 0.2) is 46.7 Å². The van der Waals surface area contributed by atoms with Gasteiger partial charge in [0.2, 0.25) is 0 Å². The molecule has 0 saturated carbocycles. The van der Waals surface area contributed by atoms with Crippen LogP contribution in [0.3, 0.4) is 0 Å². The fourth-order valence-electron chi connectivity index (χ4n) is 3.23. The van der Waals surface area contributed by atoms with Gasteiger partial charge in [-0.1, -0.05) is 50.6 Å². The van der Waals surface area contributed by atoms with Crippen molar-refractivity contribution in [2.45, 2.75) is 40.2 Å². The summed E-state index contributed by atoms with van der Waals surface area (Å²) in [5.74, 6) is 0.0792. The molecule has 120 valence electrons. The number of hydrogen-bond acceptors (Lipinski definition) is 4. The van der Waals surface area contributed by atoms with E-state index in [0.717, 1.165) is 16.7 Å². The second-order valence-electron chi connectivity index (χ2n) is 7.04. The van der Waals surface area contributed by atoms with Gasteiger partial charge in [-0.2, -0.15) is 15.8 Å². The van der Waals surface area contributed by atoms with Gasteiger partial charge in [0.05, 0.1) is 0 Å². The average Bonchev–Trinajstić information content (AvgIpc) is 2.83. The molecule has 1 aliphatic heterocycles. The summed E-state index contributed by atoms with van der Waals surface area (Å²) in [6.45, 7) is 9.87. The lowest BCUT2D eigenvalue weighted by atomic mass is 9.72. The van der Waals surface area contributed by atoms with E-state index in [2.05, 4.69) is 6.07 Å². The highest BCUT2D eigenvalue weighted by Gasteiger charge is 2.49. The van der Waals surface area contributed by atoms with Gasteiger partial charge in [0.25, 0.3) is 0 Å². The monoisotopic (exact) mass is 317 g/mol. The maximum atomic E-state index is 9.69. The van der Waals surface area contributed by atoms with Gasteiger partial charge in [-0.05, 0) is 24.8 Å². The van der Waals surface area contributed by atoms with Crippen LogP contribution in [0.5, 0.6) is 0 Å². The quantitative estimate of drug-likeness (QED) is 0.718. The van der Waals surface area contributed by atoms with E-state index in [9.17, 15) is 15.8 Å². The molecule has 1 atom stereocenters. The lowest BCUT2D eigenvalue weighted by Crippen LogP contribution is -2.31. The highest BCUT2D eigenvalue weighted by atomic mass is 16.5. The second kappa shape index (κ2) is 5.88. The van der Waals surface area contributed by atoms with Crippen molar-refractivity contribution in [1.82, 2.24) is 0 Å². The molecule has 0 fully saturated rings. The minimum absolute atomic E-state index is 0.0792. The van der Waals surface area contributed by atoms with E-state index in [1.807, 2.05) is 71.0 Å². The molecule has 2 rings (SSSR count). The summed E-state index contributed by atoms with van der Waals surface area (Å²) in [6.07, 6.45) is 0. The molecule has 1 heterocycles. The first-order chi connectivity index (χ1) is 11.2. The number of ether oxygens (including phenoxy) is 1. The SMILES string of the molecule is Cc1ccc(C2(C)OC(=C(C#N)C#N)C(C#N)=C2C(C)(C)C)cc1. The number of allylic oxidation sites excluding steroid dienone is 2. The largest absolute Gasteiger partial charge is 0.475 e. The van der Waals surface area contributed by atoms with Crippen LogP contribution >= 0.6 is 0 Å². The molecule has 0 bridgehead atoms. The Bertz CT molecular complexity index is 846. The van der Waals surface area contributed by atoms with Crippen molar-refractivity contribution in [2.75, 3.05) is 0 Å². The zero-order chi connectivity index (χ0) is 18.1. The third-order valence-corrected chi connectivity index (χ3v) is 4.18. The summed E-state index contributed by atoms with van der Waals surface area (Å²) in [5.41, 5.74) is 1.61. The predicted octanol–water partition coefficient (Wildman–Crippen LogP) is 4.41. The van der Waals surface area contributed by atoms with E-state index >= 15 is 0 Å². The van der Waals surface area contributed by atoms with Crippen LogP contribution in [0.2, 0.25) is 0 Å². The van der Waals surface area contributed by atoms with E-state index in [1.54, 1.807) is 0 Å². The molecule has 0 saturated heterocycles. The van der Waals surface area contributed by atoms with Crippen molar-refractivity contribution >= 4 is 0 Å². The molecule has 4 nitrogen and oxygen atoms in total. The van der Waals surface area contributed by atoms with Gasteiger partial charge in [-0.3, -0.25) is 0 Å². The molecule has 4 heteroatoms. The zero-order valence-corrected chi connectivity index (χ0v) is 14.6. The molecule has 0 aromatic heterocycles. The van der Waals surface area contributed by atoms with E-state index in [-0.39, 0.29) is 22.3 Å². The maximum absolute atomic E-state index is 9.69. The first kappa shape index (κ1) is 17.3. The number of nitriles is 3. The molecule has 0 amide bonds. The van der Waals surface area contributed by atoms with Crippen LogP contribution in [0.1, 0.15) is 38.8 Å². The fraction of sp³-hybridized carbons (Fsp3) is 0.350. The van der Waals surface area contributed by atoms with Gasteiger partial charge in [-0.15, -0.1) is 0 Å². The summed E-state index contributed by atoms with van der Waals surface area (Å²) in [5, 5.41) is 28.1. The minimum Gasteiger partial charge on any atom is -0.475 e. The number of benzene rings is 1. The normalized spacial score (nSPS) is 20.0. The van der Waals surface area contributed by atoms with Gasteiger partial charge < -0.3 is 4.74 Å². The summed E-state index contributed by atoms with van der Waals surface area (Å²) in [4.78, 5) is 0. The Labute approximate surface area is 142 Å². The summed E-state index contributed by atoms with van der Waals surface area (Å²) in [6, 6.07) is 13.7. The fourth-order valence-corrected chi connectivity index (χ4v) is 3.23. The molecule has 0 spiro atoms. The van der Waals surface area contributed by atoms with Gasteiger partial charge in [0.1, 0.15) is 23.8 Å². The van der Waals surface area contributed by atoms with Crippen molar-refractivity contribution in [2.24, 2.45) is 5.41 Å². The first-order valence-corrected chi connectivity index (χ1v) is 7.65. The van der Waals surface area contributed by atoms with Crippen molar-refractivity contribution < 1.29 is 4.74 Å². The number of hydrogen-bond donors (Lipinski definition) is 0. The zero-order valence-electron chi connectivity index (χ0n) is 14.6. The molecule has 1 aromatic rings. The van der Waals surface area contributed by atoms with Gasteiger partial charge in [0, 0.05) is 5.57 Å². The Kier molecular flexibility index (Phi) is 4.24. The summed E-state index contributed by atoms with van der Waals surface area (Å²) >= 11 is 0. The van der Waals surface area contributed by atoms with Crippen molar-refractivity contribution in [3.8, 4) is 18.2 Å². The Morgan fingerprint density at radius 1 is 1.04 bits per heavy atom. The van der Waals surface area contributed by atoms with Crippen molar-refractivity contribution in [3.05, 3.63) is 57.9 Å². The Morgan fingerprint density at radius 2 is 1.58 bits per heavy atom. The van der Waals surface area contributed by atoms with E-state index < -0.39 is 5.60 Å². The van der Waals surface area contributed by atoms with Gasteiger partial charge >= 0.3 is 0 Å². The Hall–Kier alpha value is -3.03. The summed E-state index contributed by atoms with van der Waals surface area (Å²) in [7, 11) is 0. The van der Waals surface area contributed by atoms with Gasteiger partial charge in [0.15, 0.2) is 16.9 Å².